The van der Waals surface area contributed by atoms with E-state index >= 15 is 0 Å². The minimum atomic E-state index is 0.741. The van der Waals surface area contributed by atoms with Gasteiger partial charge in [-0.2, -0.15) is 0 Å². The lowest BCUT2D eigenvalue weighted by Crippen LogP contribution is -2.43. The lowest BCUT2D eigenvalue weighted by atomic mass is 10.1. The van der Waals surface area contributed by atoms with Crippen LogP contribution in [0.3, 0.4) is 0 Å². The highest BCUT2D eigenvalue weighted by Crippen LogP contribution is 2.10. The molecule has 0 amide bonds. The van der Waals surface area contributed by atoms with Crippen molar-refractivity contribution in [3.63, 3.8) is 0 Å². The highest BCUT2D eigenvalue weighted by atomic mass is 15.2. The molecule has 1 atom stereocenters. The molecule has 0 aromatic carbocycles. The van der Waals surface area contributed by atoms with Crippen molar-refractivity contribution in [1.82, 2.24) is 10.2 Å². The average molecular weight is 196 g/mol. The number of nitrogens with zero attached hydrogens (tertiary/aromatic N) is 1. The summed E-state index contributed by atoms with van der Waals surface area (Å²) in [4.78, 5) is 2.60. The molecule has 0 aliphatic carbocycles. The molecule has 0 saturated heterocycles. The van der Waals surface area contributed by atoms with Gasteiger partial charge in [-0.15, -0.1) is 0 Å². The van der Waals surface area contributed by atoms with E-state index in [4.69, 9.17) is 0 Å². The Bertz CT molecular complexity index is 166. The van der Waals surface area contributed by atoms with E-state index in [-0.39, 0.29) is 0 Å². The Morgan fingerprint density at radius 2 is 2.21 bits per heavy atom. The van der Waals surface area contributed by atoms with Gasteiger partial charge in [-0.25, -0.2) is 0 Å². The fraction of sp³-hybridized carbons (Fsp3) is 0.833. The first kappa shape index (κ1) is 11.7. The third kappa shape index (κ3) is 3.81. The SMILES string of the molecule is CCCC(CNCC)N1CC=CCC1. The molecular weight excluding hydrogens is 172 g/mol. The predicted octanol–water partition coefficient (Wildman–Crippen LogP) is 2.03. The van der Waals surface area contributed by atoms with Crippen molar-refractivity contribution >= 4 is 0 Å². The van der Waals surface area contributed by atoms with Crippen molar-refractivity contribution in [2.45, 2.75) is 39.2 Å². The molecule has 0 fully saturated rings. The second-order valence-electron chi connectivity index (χ2n) is 4.01. The maximum absolute atomic E-state index is 3.46. The molecule has 1 unspecified atom stereocenters. The molecule has 0 aromatic heterocycles. The molecular formula is C12H24N2. The summed E-state index contributed by atoms with van der Waals surface area (Å²) in [6.07, 6.45) is 8.44. The predicted molar refractivity (Wildman–Crippen MR) is 62.6 cm³/mol. The smallest absolute Gasteiger partial charge is 0.0223 e. The van der Waals surface area contributed by atoms with E-state index in [0.29, 0.717) is 0 Å². The minimum absolute atomic E-state index is 0.741. The summed E-state index contributed by atoms with van der Waals surface area (Å²) < 4.78 is 0. The summed E-state index contributed by atoms with van der Waals surface area (Å²) in [5.74, 6) is 0. The molecule has 2 nitrogen and oxygen atoms in total. The molecule has 82 valence electrons. The summed E-state index contributed by atoms with van der Waals surface area (Å²) in [6, 6.07) is 0.741. The molecule has 1 rings (SSSR count). The van der Waals surface area contributed by atoms with Crippen LogP contribution in [-0.2, 0) is 0 Å². The average Bonchev–Trinajstić information content (AvgIpc) is 2.25. The first-order valence-corrected chi connectivity index (χ1v) is 5.98. The van der Waals surface area contributed by atoms with Crippen molar-refractivity contribution in [2.75, 3.05) is 26.2 Å². The topological polar surface area (TPSA) is 15.3 Å². The normalized spacial score (nSPS) is 19.9. The van der Waals surface area contributed by atoms with Gasteiger partial charge in [0.25, 0.3) is 0 Å². The third-order valence-corrected chi connectivity index (χ3v) is 2.86. The molecule has 0 spiro atoms. The van der Waals surface area contributed by atoms with Crippen LogP contribution in [0.4, 0.5) is 0 Å². The van der Waals surface area contributed by atoms with Gasteiger partial charge in [-0.3, -0.25) is 4.90 Å². The van der Waals surface area contributed by atoms with Gasteiger partial charge in [-0.1, -0.05) is 32.4 Å². The van der Waals surface area contributed by atoms with Gasteiger partial charge in [-0.05, 0) is 19.4 Å². The lowest BCUT2D eigenvalue weighted by molar-refractivity contribution is 0.198. The number of hydrogen-bond donors (Lipinski definition) is 1. The van der Waals surface area contributed by atoms with E-state index in [9.17, 15) is 0 Å². The zero-order valence-corrected chi connectivity index (χ0v) is 9.63. The van der Waals surface area contributed by atoms with Gasteiger partial charge in [0.05, 0.1) is 0 Å². The Kier molecular flexibility index (Phi) is 5.88. The van der Waals surface area contributed by atoms with Gasteiger partial charge >= 0.3 is 0 Å². The zero-order chi connectivity index (χ0) is 10.2. The minimum Gasteiger partial charge on any atom is -0.315 e. The van der Waals surface area contributed by atoms with Crippen molar-refractivity contribution in [3.8, 4) is 0 Å². The second kappa shape index (κ2) is 7.02. The van der Waals surface area contributed by atoms with Crippen LogP contribution in [0.25, 0.3) is 0 Å². The standard InChI is InChI=1S/C12H24N2/c1-3-8-12(11-13-4-2)14-9-6-5-7-10-14/h5-6,12-13H,3-4,7-11H2,1-2H3. The largest absolute Gasteiger partial charge is 0.315 e. The highest BCUT2D eigenvalue weighted by Gasteiger charge is 2.16. The second-order valence-corrected chi connectivity index (χ2v) is 4.01. The molecule has 0 radical (unpaired) electrons. The molecule has 0 saturated carbocycles. The maximum atomic E-state index is 3.46. The molecule has 14 heavy (non-hydrogen) atoms. The van der Waals surface area contributed by atoms with Crippen LogP contribution in [0.15, 0.2) is 12.2 Å². The number of hydrogen-bond acceptors (Lipinski definition) is 2. The van der Waals surface area contributed by atoms with Crippen molar-refractivity contribution in [2.24, 2.45) is 0 Å². The van der Waals surface area contributed by atoms with Gasteiger partial charge in [0, 0.05) is 25.7 Å². The van der Waals surface area contributed by atoms with Crippen LogP contribution in [0, 0.1) is 0 Å². The molecule has 0 aromatic rings. The quantitative estimate of drug-likeness (QED) is 0.654. The maximum Gasteiger partial charge on any atom is 0.0223 e. The van der Waals surface area contributed by atoms with E-state index in [2.05, 4.69) is 36.2 Å². The van der Waals surface area contributed by atoms with E-state index in [1.165, 1.54) is 25.8 Å². The Morgan fingerprint density at radius 3 is 2.79 bits per heavy atom. The van der Waals surface area contributed by atoms with E-state index in [0.717, 1.165) is 25.7 Å². The van der Waals surface area contributed by atoms with Crippen LogP contribution in [0.2, 0.25) is 0 Å². The van der Waals surface area contributed by atoms with Crippen LogP contribution in [0.5, 0.6) is 0 Å². The molecule has 1 heterocycles. The fourth-order valence-electron chi connectivity index (χ4n) is 2.05. The van der Waals surface area contributed by atoms with E-state index in [1.54, 1.807) is 0 Å². The van der Waals surface area contributed by atoms with Gasteiger partial charge in [0.1, 0.15) is 0 Å². The number of likely N-dealkylation sites (N-methyl/N-ethyl adjacent to an activating group) is 1. The lowest BCUT2D eigenvalue weighted by Gasteiger charge is -2.32. The van der Waals surface area contributed by atoms with Crippen molar-refractivity contribution in [1.29, 1.82) is 0 Å². The monoisotopic (exact) mass is 196 g/mol. The summed E-state index contributed by atoms with van der Waals surface area (Å²) in [7, 11) is 0. The van der Waals surface area contributed by atoms with Crippen LogP contribution in [0.1, 0.15) is 33.1 Å². The van der Waals surface area contributed by atoms with E-state index < -0.39 is 0 Å². The van der Waals surface area contributed by atoms with Crippen molar-refractivity contribution < 1.29 is 0 Å². The van der Waals surface area contributed by atoms with Crippen LogP contribution in [-0.4, -0.2) is 37.1 Å². The Morgan fingerprint density at radius 1 is 1.36 bits per heavy atom. The van der Waals surface area contributed by atoms with E-state index in [1.807, 2.05) is 0 Å². The summed E-state index contributed by atoms with van der Waals surface area (Å²) in [5.41, 5.74) is 0. The van der Waals surface area contributed by atoms with Crippen molar-refractivity contribution in [3.05, 3.63) is 12.2 Å². The van der Waals surface area contributed by atoms with Gasteiger partial charge in [0.15, 0.2) is 0 Å². The Balaban J connectivity index is 2.35. The fourth-order valence-corrected chi connectivity index (χ4v) is 2.05. The Hall–Kier alpha value is -0.340. The van der Waals surface area contributed by atoms with Crippen LogP contribution < -0.4 is 5.32 Å². The molecule has 2 heteroatoms. The summed E-state index contributed by atoms with van der Waals surface area (Å²) in [6.45, 7) is 9.09. The molecule has 1 aliphatic heterocycles. The Labute approximate surface area is 88.4 Å². The molecule has 1 N–H and O–H groups in total. The number of rotatable bonds is 6. The summed E-state index contributed by atoms with van der Waals surface area (Å²) >= 11 is 0. The number of nitrogens with one attached hydrogen (secondary N) is 1. The first-order valence-electron chi connectivity index (χ1n) is 5.98. The summed E-state index contributed by atoms with van der Waals surface area (Å²) in [5, 5.41) is 3.46. The van der Waals surface area contributed by atoms with Gasteiger partial charge < -0.3 is 5.32 Å². The highest BCUT2D eigenvalue weighted by molar-refractivity contribution is 4.93. The zero-order valence-electron chi connectivity index (χ0n) is 9.63. The third-order valence-electron chi connectivity index (χ3n) is 2.86. The van der Waals surface area contributed by atoms with Crippen LogP contribution >= 0.6 is 0 Å². The van der Waals surface area contributed by atoms with Gasteiger partial charge in [0.2, 0.25) is 0 Å². The molecule has 1 aliphatic rings. The molecule has 0 bridgehead atoms. The first-order chi connectivity index (χ1) is 6.88.